The Morgan fingerprint density at radius 1 is 1.06 bits per heavy atom. The summed E-state index contributed by atoms with van der Waals surface area (Å²) in [7, 11) is 1.98. The Labute approximate surface area is 194 Å². The van der Waals surface area contributed by atoms with E-state index in [2.05, 4.69) is 27.0 Å². The fourth-order valence-electron chi connectivity index (χ4n) is 3.74. The molecule has 0 unspecified atom stereocenters. The summed E-state index contributed by atoms with van der Waals surface area (Å²) in [5.74, 6) is 0. The van der Waals surface area contributed by atoms with Crippen molar-refractivity contribution in [3.8, 4) is 16.9 Å². The van der Waals surface area contributed by atoms with Crippen molar-refractivity contribution in [2.24, 2.45) is 4.99 Å². The average molecular weight is 461 g/mol. The maximum absolute atomic E-state index is 6.69. The lowest BCUT2D eigenvalue weighted by molar-refractivity contribution is 0.888. The molecule has 3 aromatic carbocycles. The number of nitrogens with zero attached hydrogens (tertiary/aromatic N) is 5. The largest absolute Gasteiger partial charge is 0.343 e. The van der Waals surface area contributed by atoms with Crippen LogP contribution in [0.25, 0.3) is 27.8 Å². The topological polar surface area (TPSA) is 62.1 Å². The van der Waals surface area contributed by atoms with Gasteiger partial charge < -0.3 is 4.90 Å². The SMILES string of the molecule is C=Nc1cc(Cl)c(-c2ccnn2-c2cccc(Cl)c2)cc1N(C)c1ccc2cn[nH]c2c1. The Morgan fingerprint density at radius 2 is 1.94 bits per heavy atom. The number of hydrogen-bond acceptors (Lipinski definition) is 4. The summed E-state index contributed by atoms with van der Waals surface area (Å²) in [5.41, 5.74) is 5.97. The Bertz CT molecular complexity index is 1450. The van der Waals surface area contributed by atoms with Crippen LogP contribution < -0.4 is 4.90 Å². The average Bonchev–Trinajstić information content (AvgIpc) is 3.47. The van der Waals surface area contributed by atoms with Gasteiger partial charge in [0.25, 0.3) is 0 Å². The Kier molecular flexibility index (Phi) is 5.17. The van der Waals surface area contributed by atoms with E-state index in [1.807, 2.05) is 77.3 Å². The zero-order valence-electron chi connectivity index (χ0n) is 17.1. The standard InChI is InChI=1S/C24H18Cl2N6/c1-27-22-13-20(26)19(23-8-9-29-32(23)18-5-3-4-16(25)10-18)12-24(22)31(2)17-7-6-15-14-28-30-21(15)11-17/h3-14H,1H2,2H3,(H,28,30). The molecule has 6 nitrogen and oxygen atoms in total. The highest BCUT2D eigenvalue weighted by molar-refractivity contribution is 6.34. The molecule has 0 aliphatic rings. The molecule has 158 valence electrons. The number of benzene rings is 3. The molecule has 1 N–H and O–H groups in total. The summed E-state index contributed by atoms with van der Waals surface area (Å²) >= 11 is 12.9. The van der Waals surface area contributed by atoms with Crippen molar-refractivity contribution >= 4 is 57.9 Å². The van der Waals surface area contributed by atoms with Crippen LogP contribution in [0.5, 0.6) is 0 Å². The zero-order valence-corrected chi connectivity index (χ0v) is 18.6. The second kappa shape index (κ2) is 8.15. The van der Waals surface area contributed by atoms with Crippen molar-refractivity contribution in [1.29, 1.82) is 0 Å². The predicted molar refractivity (Wildman–Crippen MR) is 132 cm³/mol. The van der Waals surface area contributed by atoms with Gasteiger partial charge in [0.05, 0.1) is 45.7 Å². The minimum atomic E-state index is 0.553. The molecule has 0 aliphatic heterocycles. The first kappa shape index (κ1) is 20.3. The summed E-state index contributed by atoms with van der Waals surface area (Å²) in [5, 5.41) is 13.8. The molecule has 0 spiro atoms. The van der Waals surface area contributed by atoms with Gasteiger partial charge in [-0.1, -0.05) is 29.3 Å². The van der Waals surface area contributed by atoms with Crippen molar-refractivity contribution < 1.29 is 0 Å². The van der Waals surface area contributed by atoms with E-state index in [0.29, 0.717) is 15.7 Å². The third-order valence-corrected chi connectivity index (χ3v) is 5.93. The van der Waals surface area contributed by atoms with Gasteiger partial charge in [-0.05, 0) is 61.3 Å². The molecule has 5 aromatic rings. The van der Waals surface area contributed by atoms with E-state index in [9.17, 15) is 0 Å². The van der Waals surface area contributed by atoms with Crippen LogP contribution in [0.4, 0.5) is 17.1 Å². The third-order valence-electron chi connectivity index (χ3n) is 5.38. The van der Waals surface area contributed by atoms with E-state index in [4.69, 9.17) is 23.2 Å². The van der Waals surface area contributed by atoms with Crippen molar-refractivity contribution in [3.63, 3.8) is 0 Å². The molecule has 0 atom stereocenters. The van der Waals surface area contributed by atoms with Crippen LogP contribution in [0.3, 0.4) is 0 Å². The second-order valence-corrected chi connectivity index (χ2v) is 8.13. The van der Waals surface area contributed by atoms with E-state index >= 15 is 0 Å². The maximum Gasteiger partial charge on any atom is 0.0874 e. The van der Waals surface area contributed by atoms with E-state index in [-0.39, 0.29) is 0 Å². The van der Waals surface area contributed by atoms with Crippen molar-refractivity contribution in [3.05, 3.63) is 83.1 Å². The van der Waals surface area contributed by atoms with Gasteiger partial charge in [0.15, 0.2) is 0 Å². The number of aromatic nitrogens is 4. The minimum Gasteiger partial charge on any atom is -0.343 e. The Hall–Kier alpha value is -3.61. The lowest BCUT2D eigenvalue weighted by Gasteiger charge is -2.23. The number of aromatic amines is 1. The quantitative estimate of drug-likeness (QED) is 0.292. The summed E-state index contributed by atoms with van der Waals surface area (Å²) in [6, 6.07) is 19.4. The maximum atomic E-state index is 6.69. The van der Waals surface area contributed by atoms with Gasteiger partial charge in [-0.3, -0.25) is 10.1 Å². The molecule has 0 radical (unpaired) electrons. The van der Waals surface area contributed by atoms with Crippen molar-refractivity contribution in [1.82, 2.24) is 20.0 Å². The van der Waals surface area contributed by atoms with Crippen LogP contribution in [0, 0.1) is 0 Å². The van der Waals surface area contributed by atoms with Crippen LogP contribution in [-0.4, -0.2) is 33.7 Å². The van der Waals surface area contributed by atoms with Crippen LogP contribution in [-0.2, 0) is 0 Å². The molecule has 0 saturated heterocycles. The summed E-state index contributed by atoms with van der Waals surface area (Å²) in [6.07, 6.45) is 3.54. The molecule has 5 rings (SSSR count). The summed E-state index contributed by atoms with van der Waals surface area (Å²) in [4.78, 5) is 6.25. The first-order valence-electron chi connectivity index (χ1n) is 9.82. The van der Waals surface area contributed by atoms with E-state index < -0.39 is 0 Å². The summed E-state index contributed by atoms with van der Waals surface area (Å²) in [6.45, 7) is 3.73. The van der Waals surface area contributed by atoms with Gasteiger partial charge in [0.1, 0.15) is 0 Å². The molecule has 0 bridgehead atoms. The molecule has 0 aliphatic carbocycles. The van der Waals surface area contributed by atoms with Crippen molar-refractivity contribution in [2.45, 2.75) is 0 Å². The molecule has 32 heavy (non-hydrogen) atoms. The van der Waals surface area contributed by atoms with Gasteiger partial charge in [0, 0.05) is 28.7 Å². The predicted octanol–water partition coefficient (Wildman–Crippen LogP) is 6.82. The summed E-state index contributed by atoms with van der Waals surface area (Å²) < 4.78 is 1.81. The lowest BCUT2D eigenvalue weighted by Crippen LogP contribution is -2.10. The Morgan fingerprint density at radius 3 is 2.75 bits per heavy atom. The number of aliphatic imine (C=N–C) groups is 1. The number of hydrogen-bond donors (Lipinski definition) is 1. The number of halogens is 2. The number of rotatable bonds is 5. The van der Waals surface area contributed by atoms with Gasteiger partial charge in [0.2, 0.25) is 0 Å². The van der Waals surface area contributed by atoms with Gasteiger partial charge in [-0.2, -0.15) is 10.2 Å². The lowest BCUT2D eigenvalue weighted by atomic mass is 10.1. The smallest absolute Gasteiger partial charge is 0.0874 e. The van der Waals surface area contributed by atoms with Gasteiger partial charge in [-0.25, -0.2) is 4.68 Å². The number of nitrogens with one attached hydrogen (secondary N) is 1. The number of H-pyrrole nitrogens is 1. The van der Waals surface area contributed by atoms with Gasteiger partial charge >= 0.3 is 0 Å². The van der Waals surface area contributed by atoms with Crippen LogP contribution in [0.2, 0.25) is 10.0 Å². The fraction of sp³-hybridized carbons (Fsp3) is 0.0417. The highest BCUT2D eigenvalue weighted by atomic mass is 35.5. The molecule has 0 saturated carbocycles. The molecule has 0 amide bonds. The second-order valence-electron chi connectivity index (χ2n) is 7.29. The first-order chi connectivity index (χ1) is 15.5. The van der Waals surface area contributed by atoms with Crippen LogP contribution >= 0.6 is 23.2 Å². The fourth-order valence-corrected chi connectivity index (χ4v) is 4.18. The third kappa shape index (κ3) is 3.53. The normalized spacial score (nSPS) is 11.1. The molecular formula is C24H18Cl2N6. The van der Waals surface area contributed by atoms with Crippen molar-refractivity contribution in [2.75, 3.05) is 11.9 Å². The van der Waals surface area contributed by atoms with Crippen LogP contribution in [0.15, 0.2) is 78.0 Å². The molecule has 2 aromatic heterocycles. The monoisotopic (exact) mass is 460 g/mol. The van der Waals surface area contributed by atoms with E-state index in [1.54, 1.807) is 12.4 Å². The first-order valence-corrected chi connectivity index (χ1v) is 10.6. The highest BCUT2D eigenvalue weighted by Crippen LogP contribution is 2.41. The minimum absolute atomic E-state index is 0.553. The highest BCUT2D eigenvalue weighted by Gasteiger charge is 2.18. The van der Waals surface area contributed by atoms with Crippen LogP contribution in [0.1, 0.15) is 0 Å². The zero-order chi connectivity index (χ0) is 22.2. The number of anilines is 2. The number of fused-ring (bicyclic) bond motifs is 1. The molecular weight excluding hydrogens is 443 g/mol. The molecule has 0 fully saturated rings. The van der Waals surface area contributed by atoms with E-state index in [0.717, 1.165) is 39.2 Å². The Balaban J connectivity index is 1.64. The van der Waals surface area contributed by atoms with E-state index in [1.165, 1.54) is 0 Å². The molecule has 8 heteroatoms. The molecule has 2 heterocycles. The van der Waals surface area contributed by atoms with Gasteiger partial charge in [-0.15, -0.1) is 0 Å².